The van der Waals surface area contributed by atoms with Crippen LogP contribution in [0.4, 0.5) is 9.59 Å². The van der Waals surface area contributed by atoms with Gasteiger partial charge in [0.1, 0.15) is 23.9 Å². The van der Waals surface area contributed by atoms with E-state index in [9.17, 15) is 29.7 Å². The van der Waals surface area contributed by atoms with E-state index < -0.39 is 48.6 Å². The molecule has 2 aliphatic heterocycles. The topological polar surface area (TPSA) is 218 Å². The molecule has 0 aliphatic carbocycles. The van der Waals surface area contributed by atoms with Crippen molar-refractivity contribution in [3.8, 4) is 34.4 Å². The summed E-state index contributed by atoms with van der Waals surface area (Å²) in [4.78, 5) is 56.4. The molecule has 2 aromatic carbocycles. The summed E-state index contributed by atoms with van der Waals surface area (Å²) in [5.74, 6) is 7.34. The van der Waals surface area contributed by atoms with Crippen LogP contribution in [0.15, 0.2) is 60.9 Å². The summed E-state index contributed by atoms with van der Waals surface area (Å²) in [5.41, 5.74) is 5.07. The van der Waals surface area contributed by atoms with Crippen LogP contribution >= 0.6 is 0 Å². The first-order valence-electron chi connectivity index (χ1n) is 18.6. The van der Waals surface area contributed by atoms with Gasteiger partial charge in [-0.1, -0.05) is 36.1 Å². The van der Waals surface area contributed by atoms with Gasteiger partial charge in [-0.25, -0.2) is 19.6 Å². The van der Waals surface area contributed by atoms with Crippen LogP contribution in [0, 0.1) is 11.8 Å². The number of methoxy groups -OCH3 is 2. The Morgan fingerprint density at radius 3 is 1.77 bits per heavy atom. The molecule has 56 heavy (non-hydrogen) atoms. The molecular weight excluding hydrogens is 720 g/mol. The zero-order valence-electron chi connectivity index (χ0n) is 31.7. The molecule has 0 spiro atoms. The first-order valence-corrected chi connectivity index (χ1v) is 18.6. The lowest BCUT2D eigenvalue weighted by Gasteiger charge is -2.35. The molecule has 7 unspecified atom stereocenters. The maximum atomic E-state index is 13.3. The van der Waals surface area contributed by atoms with Crippen molar-refractivity contribution in [1.29, 1.82) is 0 Å². The van der Waals surface area contributed by atoms with Crippen LogP contribution in [0.25, 0.3) is 22.5 Å². The van der Waals surface area contributed by atoms with Gasteiger partial charge >= 0.3 is 12.2 Å². The number of benzene rings is 2. The highest BCUT2D eigenvalue weighted by molar-refractivity contribution is 5.86. The summed E-state index contributed by atoms with van der Waals surface area (Å²) in [6, 6.07) is 12.9. The summed E-state index contributed by atoms with van der Waals surface area (Å²) >= 11 is 0. The van der Waals surface area contributed by atoms with Gasteiger partial charge in [-0.3, -0.25) is 9.69 Å². The molecule has 7 N–H and O–H groups in total. The fourth-order valence-corrected chi connectivity index (χ4v) is 7.23. The number of amides is 3. The Morgan fingerprint density at radius 2 is 1.25 bits per heavy atom. The average Bonchev–Trinajstić information content (AvgIpc) is 4.04. The second-order valence-electron chi connectivity index (χ2n) is 14.0. The van der Waals surface area contributed by atoms with Crippen molar-refractivity contribution in [1.82, 2.24) is 40.4 Å². The van der Waals surface area contributed by atoms with E-state index in [-0.39, 0.29) is 12.1 Å². The summed E-state index contributed by atoms with van der Waals surface area (Å²) in [6.07, 6.45) is 1.70. The zero-order valence-corrected chi connectivity index (χ0v) is 31.7. The average molecular weight is 769 g/mol. The minimum absolute atomic E-state index is 0.229. The first kappa shape index (κ1) is 39.9. The fourth-order valence-electron chi connectivity index (χ4n) is 7.23. The Bertz CT molecular complexity index is 2030. The molecule has 3 amide bonds. The van der Waals surface area contributed by atoms with Gasteiger partial charge < -0.3 is 50.3 Å². The molecule has 2 aliphatic rings. The van der Waals surface area contributed by atoms with Crippen molar-refractivity contribution >= 4 is 18.1 Å². The summed E-state index contributed by atoms with van der Waals surface area (Å²) in [7, 11) is 2.43. The molecule has 7 atom stereocenters. The minimum Gasteiger partial charge on any atom is -0.453 e. The SMILES string of the molecule is COC(=O)NC(C(=O)N1CCCC1c1ncc(-c2ccc(C#Cc3ccc(-c4cnc(C5CCCN5C(O)C(NC(=O)OC)C(C)O)[nH]4)cc3)cc2)[nH]1)C(C)O. The van der Waals surface area contributed by atoms with Crippen LogP contribution in [0.1, 0.15) is 74.4 Å². The van der Waals surface area contributed by atoms with E-state index in [0.29, 0.717) is 31.2 Å². The number of rotatable bonds is 11. The second kappa shape index (κ2) is 17.8. The number of hydrogen-bond donors (Lipinski definition) is 7. The van der Waals surface area contributed by atoms with E-state index in [4.69, 9.17) is 0 Å². The predicted octanol–water partition coefficient (Wildman–Crippen LogP) is 3.20. The monoisotopic (exact) mass is 768 g/mol. The van der Waals surface area contributed by atoms with Crippen LogP contribution in [-0.4, -0.2) is 121 Å². The Balaban J connectivity index is 1.07. The minimum atomic E-state index is -1.15. The highest BCUT2D eigenvalue weighted by atomic mass is 16.5. The Hall–Kier alpha value is -5.73. The first-order chi connectivity index (χ1) is 27.0. The van der Waals surface area contributed by atoms with E-state index in [1.165, 1.54) is 28.1 Å². The molecule has 2 aromatic heterocycles. The molecule has 4 aromatic rings. The number of aromatic amines is 2. The van der Waals surface area contributed by atoms with Crippen molar-refractivity contribution in [2.45, 2.75) is 82.1 Å². The van der Waals surface area contributed by atoms with Gasteiger partial charge in [-0.05, 0) is 74.9 Å². The number of nitrogens with one attached hydrogen (secondary N) is 4. The molecule has 2 fully saturated rings. The summed E-state index contributed by atoms with van der Waals surface area (Å²) in [5, 5.41) is 36.5. The van der Waals surface area contributed by atoms with Crippen LogP contribution in [0.3, 0.4) is 0 Å². The lowest BCUT2D eigenvalue weighted by Crippen LogP contribution is -2.56. The molecule has 0 radical (unpaired) electrons. The number of aliphatic hydroxyl groups is 3. The van der Waals surface area contributed by atoms with Crippen LogP contribution in [0.2, 0.25) is 0 Å². The predicted molar refractivity (Wildman–Crippen MR) is 204 cm³/mol. The van der Waals surface area contributed by atoms with Crippen LogP contribution < -0.4 is 10.6 Å². The maximum Gasteiger partial charge on any atom is 0.407 e. The number of nitrogens with zero attached hydrogens (tertiary/aromatic N) is 4. The lowest BCUT2D eigenvalue weighted by atomic mass is 10.1. The van der Waals surface area contributed by atoms with Crippen molar-refractivity contribution in [2.24, 2.45) is 0 Å². The van der Waals surface area contributed by atoms with Gasteiger partial charge in [-0.15, -0.1) is 0 Å². The third-order valence-corrected chi connectivity index (χ3v) is 10.3. The van der Waals surface area contributed by atoms with Gasteiger partial charge in [0.25, 0.3) is 0 Å². The van der Waals surface area contributed by atoms with E-state index in [2.05, 4.69) is 51.9 Å². The van der Waals surface area contributed by atoms with E-state index in [1.807, 2.05) is 53.4 Å². The van der Waals surface area contributed by atoms with Gasteiger partial charge in [0.2, 0.25) is 5.91 Å². The smallest absolute Gasteiger partial charge is 0.407 e. The van der Waals surface area contributed by atoms with Crippen LogP contribution in [0.5, 0.6) is 0 Å². The van der Waals surface area contributed by atoms with Crippen molar-refractivity contribution < 1.29 is 39.2 Å². The second-order valence-corrected chi connectivity index (χ2v) is 14.0. The molecular formula is C40H48N8O8. The number of likely N-dealkylation sites (tertiary alicyclic amines) is 2. The van der Waals surface area contributed by atoms with Crippen LogP contribution in [-0.2, 0) is 14.3 Å². The Labute approximate surface area is 324 Å². The largest absolute Gasteiger partial charge is 0.453 e. The van der Waals surface area contributed by atoms with E-state index >= 15 is 0 Å². The molecule has 16 heteroatoms. The molecule has 2 saturated heterocycles. The number of H-pyrrole nitrogens is 2. The third-order valence-electron chi connectivity index (χ3n) is 10.3. The molecule has 16 nitrogen and oxygen atoms in total. The number of hydrogen-bond acceptors (Lipinski definition) is 11. The number of ether oxygens (including phenoxy) is 2. The molecule has 0 bridgehead atoms. The maximum absolute atomic E-state index is 13.3. The molecule has 6 rings (SSSR count). The number of carbonyl (C=O) groups excluding carboxylic acids is 3. The van der Waals surface area contributed by atoms with Crippen molar-refractivity contribution in [3.63, 3.8) is 0 Å². The third kappa shape index (κ3) is 9.03. The van der Waals surface area contributed by atoms with Gasteiger partial charge in [0.15, 0.2) is 0 Å². The highest BCUT2D eigenvalue weighted by Crippen LogP contribution is 2.35. The number of carbonyl (C=O) groups is 3. The quantitative estimate of drug-likeness (QED) is 0.110. The van der Waals surface area contributed by atoms with Gasteiger partial charge in [-0.2, -0.15) is 0 Å². The normalized spacial score (nSPS) is 19.6. The Kier molecular flexibility index (Phi) is 12.7. The van der Waals surface area contributed by atoms with Crippen molar-refractivity contribution in [2.75, 3.05) is 27.3 Å². The Morgan fingerprint density at radius 1 is 0.750 bits per heavy atom. The molecule has 0 saturated carbocycles. The number of imidazole rings is 2. The van der Waals surface area contributed by atoms with Gasteiger partial charge in [0.05, 0.1) is 68.3 Å². The highest BCUT2D eigenvalue weighted by Gasteiger charge is 2.40. The van der Waals surface area contributed by atoms with Gasteiger partial charge in [0, 0.05) is 24.2 Å². The number of aliphatic hydroxyl groups excluding tert-OH is 3. The molecule has 296 valence electrons. The zero-order chi connectivity index (χ0) is 39.9. The number of aromatic nitrogens is 4. The summed E-state index contributed by atoms with van der Waals surface area (Å²) in [6.45, 7) is 4.00. The van der Waals surface area contributed by atoms with Crippen molar-refractivity contribution in [3.05, 3.63) is 83.7 Å². The molecule has 4 heterocycles. The fraction of sp³-hybridized carbons (Fsp3) is 0.425. The lowest BCUT2D eigenvalue weighted by molar-refractivity contribution is -0.137. The van der Waals surface area contributed by atoms with E-state index in [1.54, 1.807) is 17.3 Å². The summed E-state index contributed by atoms with van der Waals surface area (Å²) < 4.78 is 9.30. The number of alkyl carbamates (subject to hydrolysis) is 2. The standard InChI is InChI=1S/C40H48N8O8/c1-23(49)33(45-39(53)55-3)37(51)47-19-5-7-31(47)35-41-21-29(43-35)27-15-11-25(12-16-27)9-10-26-13-17-28(18-14-26)30-22-42-36(44-30)32-8-6-20-48(32)38(52)34(24(2)50)46-40(54)56-4/h11-18,21-24,31-34,37,49-51H,5-8,19-20H2,1-4H3,(H,41,43)(H,42,44)(H,45,53)(H,46,54). The van der Waals surface area contributed by atoms with E-state index in [0.717, 1.165) is 52.9 Å².